The molecule has 19 heavy (non-hydrogen) atoms. The molecule has 0 bridgehead atoms. The molecular formula is C15H21ClN2O. The first-order valence-corrected chi connectivity index (χ1v) is 7.26. The molecule has 0 radical (unpaired) electrons. The Bertz CT molecular complexity index is 442. The van der Waals surface area contributed by atoms with Crippen molar-refractivity contribution in [2.24, 2.45) is 0 Å². The molecule has 4 heteroatoms. The van der Waals surface area contributed by atoms with E-state index in [-0.39, 0.29) is 11.4 Å². The fourth-order valence-electron chi connectivity index (χ4n) is 2.57. The second-order valence-electron chi connectivity index (χ2n) is 5.53. The van der Waals surface area contributed by atoms with Crippen molar-refractivity contribution in [1.29, 1.82) is 0 Å². The maximum atomic E-state index is 11.9. The highest BCUT2D eigenvalue weighted by atomic mass is 35.5. The summed E-state index contributed by atoms with van der Waals surface area (Å²) in [6, 6.07) is 7.21. The number of rotatable bonds is 4. The smallest absolute Gasteiger partial charge is 0.238 e. The summed E-state index contributed by atoms with van der Waals surface area (Å²) in [6.45, 7) is 2.56. The van der Waals surface area contributed by atoms with Gasteiger partial charge in [0.15, 0.2) is 0 Å². The van der Waals surface area contributed by atoms with Crippen LogP contribution in [-0.2, 0) is 4.79 Å². The van der Waals surface area contributed by atoms with Crippen LogP contribution in [0.5, 0.6) is 0 Å². The largest absolute Gasteiger partial charge is 0.325 e. The van der Waals surface area contributed by atoms with E-state index in [1.165, 1.54) is 19.3 Å². The van der Waals surface area contributed by atoms with E-state index in [4.69, 9.17) is 11.6 Å². The summed E-state index contributed by atoms with van der Waals surface area (Å²) in [5.74, 6) is -0.0194. The second-order valence-corrected chi connectivity index (χ2v) is 5.97. The van der Waals surface area contributed by atoms with Gasteiger partial charge in [-0.05, 0) is 38.0 Å². The lowest BCUT2D eigenvalue weighted by Gasteiger charge is -2.34. The summed E-state index contributed by atoms with van der Waals surface area (Å²) in [7, 11) is 0. The van der Waals surface area contributed by atoms with Crippen LogP contribution < -0.4 is 10.6 Å². The Hall–Kier alpha value is -1.06. The van der Waals surface area contributed by atoms with Crippen molar-refractivity contribution in [2.45, 2.75) is 44.6 Å². The first kappa shape index (κ1) is 14.4. The van der Waals surface area contributed by atoms with Crippen LogP contribution in [0.25, 0.3) is 0 Å². The van der Waals surface area contributed by atoms with E-state index in [1.54, 1.807) is 12.1 Å². The van der Waals surface area contributed by atoms with Crippen molar-refractivity contribution in [2.75, 3.05) is 11.9 Å². The minimum atomic E-state index is -0.0194. The lowest BCUT2D eigenvalue weighted by atomic mass is 9.83. The minimum absolute atomic E-state index is 0.0194. The Labute approximate surface area is 119 Å². The normalized spacial score (nSPS) is 18.0. The molecule has 1 fully saturated rings. The van der Waals surface area contributed by atoms with E-state index in [0.717, 1.165) is 18.5 Å². The SMILES string of the molecule is CC1(NCC(=O)Nc2cccc(Cl)c2)CCCCC1. The van der Waals surface area contributed by atoms with Gasteiger partial charge in [0.25, 0.3) is 0 Å². The van der Waals surface area contributed by atoms with E-state index in [0.29, 0.717) is 11.6 Å². The van der Waals surface area contributed by atoms with Gasteiger partial charge < -0.3 is 10.6 Å². The molecule has 1 amide bonds. The van der Waals surface area contributed by atoms with Gasteiger partial charge in [0, 0.05) is 16.2 Å². The number of nitrogens with one attached hydrogen (secondary N) is 2. The fourth-order valence-corrected chi connectivity index (χ4v) is 2.76. The van der Waals surface area contributed by atoms with Gasteiger partial charge in [0.2, 0.25) is 5.91 Å². The molecule has 0 spiro atoms. The van der Waals surface area contributed by atoms with Gasteiger partial charge in [-0.1, -0.05) is 36.9 Å². The topological polar surface area (TPSA) is 41.1 Å². The number of carbonyl (C=O) groups is 1. The van der Waals surface area contributed by atoms with Crippen LogP contribution in [0, 0.1) is 0 Å². The molecule has 1 aromatic carbocycles. The molecule has 3 nitrogen and oxygen atoms in total. The molecule has 0 aromatic heterocycles. The van der Waals surface area contributed by atoms with Gasteiger partial charge in [-0.15, -0.1) is 0 Å². The number of benzene rings is 1. The average Bonchev–Trinajstić information content (AvgIpc) is 2.38. The predicted molar refractivity (Wildman–Crippen MR) is 79.6 cm³/mol. The van der Waals surface area contributed by atoms with Gasteiger partial charge in [0.05, 0.1) is 6.54 Å². The highest BCUT2D eigenvalue weighted by Gasteiger charge is 2.26. The fraction of sp³-hybridized carbons (Fsp3) is 0.533. The standard InChI is InChI=1S/C15H21ClN2O/c1-15(8-3-2-4-9-15)17-11-14(19)18-13-7-5-6-12(16)10-13/h5-7,10,17H,2-4,8-9,11H2,1H3,(H,18,19). The highest BCUT2D eigenvalue weighted by molar-refractivity contribution is 6.30. The molecule has 1 aliphatic carbocycles. The molecule has 104 valence electrons. The molecule has 0 heterocycles. The van der Waals surface area contributed by atoms with Crippen molar-refractivity contribution < 1.29 is 4.79 Å². The van der Waals surface area contributed by atoms with Gasteiger partial charge in [0.1, 0.15) is 0 Å². The Morgan fingerprint density at radius 1 is 1.32 bits per heavy atom. The second kappa shape index (κ2) is 6.40. The van der Waals surface area contributed by atoms with Crippen LogP contribution in [0.3, 0.4) is 0 Å². The average molecular weight is 281 g/mol. The third-order valence-electron chi connectivity index (χ3n) is 3.74. The number of hydrogen-bond donors (Lipinski definition) is 2. The van der Waals surface area contributed by atoms with E-state index in [9.17, 15) is 4.79 Å². The zero-order valence-electron chi connectivity index (χ0n) is 11.3. The summed E-state index contributed by atoms with van der Waals surface area (Å²) < 4.78 is 0. The summed E-state index contributed by atoms with van der Waals surface area (Å²) in [6.07, 6.45) is 6.11. The first-order chi connectivity index (χ1) is 9.07. The predicted octanol–water partition coefficient (Wildman–Crippen LogP) is 3.59. The number of carbonyl (C=O) groups excluding carboxylic acids is 1. The van der Waals surface area contributed by atoms with Crippen molar-refractivity contribution in [3.8, 4) is 0 Å². The molecular weight excluding hydrogens is 260 g/mol. The van der Waals surface area contributed by atoms with Gasteiger partial charge in [-0.2, -0.15) is 0 Å². The van der Waals surface area contributed by atoms with Crippen LogP contribution in [0.15, 0.2) is 24.3 Å². The summed E-state index contributed by atoms with van der Waals surface area (Å²) in [5, 5.41) is 6.87. The van der Waals surface area contributed by atoms with Crippen LogP contribution in [-0.4, -0.2) is 18.0 Å². The summed E-state index contributed by atoms with van der Waals surface area (Å²) >= 11 is 5.88. The number of hydrogen-bond acceptors (Lipinski definition) is 2. The number of anilines is 1. The quantitative estimate of drug-likeness (QED) is 0.885. The maximum Gasteiger partial charge on any atom is 0.238 e. The molecule has 2 rings (SSSR count). The van der Waals surface area contributed by atoms with E-state index < -0.39 is 0 Å². The van der Waals surface area contributed by atoms with Crippen molar-refractivity contribution in [3.63, 3.8) is 0 Å². The van der Waals surface area contributed by atoms with E-state index in [2.05, 4.69) is 17.6 Å². The van der Waals surface area contributed by atoms with Crippen molar-refractivity contribution in [1.82, 2.24) is 5.32 Å². The molecule has 1 aliphatic rings. The Balaban J connectivity index is 1.81. The number of halogens is 1. The molecule has 1 saturated carbocycles. The van der Waals surface area contributed by atoms with Gasteiger partial charge in [-0.3, -0.25) is 4.79 Å². The van der Waals surface area contributed by atoms with Gasteiger partial charge >= 0.3 is 0 Å². The monoisotopic (exact) mass is 280 g/mol. The lowest BCUT2D eigenvalue weighted by molar-refractivity contribution is -0.115. The highest BCUT2D eigenvalue weighted by Crippen LogP contribution is 2.27. The Morgan fingerprint density at radius 3 is 2.74 bits per heavy atom. The van der Waals surface area contributed by atoms with Crippen LogP contribution >= 0.6 is 11.6 Å². The third-order valence-corrected chi connectivity index (χ3v) is 3.98. The van der Waals surface area contributed by atoms with Gasteiger partial charge in [-0.25, -0.2) is 0 Å². The maximum absolute atomic E-state index is 11.9. The van der Waals surface area contributed by atoms with E-state index >= 15 is 0 Å². The number of amides is 1. The zero-order chi connectivity index (χ0) is 13.7. The van der Waals surface area contributed by atoms with E-state index in [1.807, 2.05) is 12.1 Å². The molecule has 0 unspecified atom stereocenters. The van der Waals surface area contributed by atoms with Crippen LogP contribution in [0.1, 0.15) is 39.0 Å². The Kier molecular flexibility index (Phi) is 4.83. The summed E-state index contributed by atoms with van der Waals surface area (Å²) in [5.41, 5.74) is 0.859. The molecule has 0 aliphatic heterocycles. The molecule has 2 N–H and O–H groups in total. The Morgan fingerprint density at radius 2 is 2.05 bits per heavy atom. The van der Waals surface area contributed by atoms with Crippen molar-refractivity contribution in [3.05, 3.63) is 29.3 Å². The molecule has 1 aromatic rings. The van der Waals surface area contributed by atoms with Crippen LogP contribution in [0.4, 0.5) is 5.69 Å². The molecule has 0 saturated heterocycles. The first-order valence-electron chi connectivity index (χ1n) is 6.88. The summed E-state index contributed by atoms with van der Waals surface area (Å²) in [4.78, 5) is 11.9. The minimum Gasteiger partial charge on any atom is -0.325 e. The molecule has 0 atom stereocenters. The van der Waals surface area contributed by atoms with Crippen LogP contribution in [0.2, 0.25) is 5.02 Å². The lowest BCUT2D eigenvalue weighted by Crippen LogP contribution is -2.47. The van der Waals surface area contributed by atoms with Crippen molar-refractivity contribution >= 4 is 23.2 Å². The zero-order valence-corrected chi connectivity index (χ0v) is 12.1. The third kappa shape index (κ3) is 4.51.